The number of rotatable bonds is 10. The molecular weight excluding hydrogens is 479 g/mol. The molecule has 3 rings (SSSR count). The molecule has 0 aliphatic rings. The quantitative estimate of drug-likeness (QED) is 0.215. The molecule has 3 aromatic rings. The minimum absolute atomic E-state index is 0.0450. The van der Waals surface area contributed by atoms with E-state index < -0.39 is 35.1 Å². The predicted molar refractivity (Wildman–Crippen MR) is 140 cm³/mol. The summed E-state index contributed by atoms with van der Waals surface area (Å²) in [6.07, 6.45) is 0.396. The second-order valence-electron chi connectivity index (χ2n) is 8.48. The van der Waals surface area contributed by atoms with Gasteiger partial charge in [-0.25, -0.2) is 4.39 Å². The van der Waals surface area contributed by atoms with Crippen LogP contribution >= 0.6 is 12.6 Å². The third-order valence-electron chi connectivity index (χ3n) is 5.72. The molecule has 0 aliphatic carbocycles. The Hall–Kier alpha value is -3.65. The van der Waals surface area contributed by atoms with E-state index in [2.05, 4.69) is 23.3 Å². The van der Waals surface area contributed by atoms with E-state index in [4.69, 9.17) is 4.74 Å². The van der Waals surface area contributed by atoms with Crippen LogP contribution in [-0.4, -0.2) is 36.3 Å². The molecule has 2 N–H and O–H groups in total. The fraction of sp³-hybridized carbons (Fsp3) is 0.250. The molecule has 0 bridgehead atoms. The summed E-state index contributed by atoms with van der Waals surface area (Å²) in [5.41, 5.74) is 3.15. The minimum Gasteiger partial charge on any atom is -0.469 e. The molecule has 6 nitrogen and oxygen atoms in total. The van der Waals surface area contributed by atoms with Gasteiger partial charge in [-0.15, -0.1) is 0 Å². The summed E-state index contributed by atoms with van der Waals surface area (Å²) in [7, 11) is 1.27. The van der Waals surface area contributed by atoms with Crippen LogP contribution in [-0.2, 0) is 20.7 Å². The van der Waals surface area contributed by atoms with Crippen LogP contribution in [0.3, 0.4) is 0 Å². The number of hydrogen-bond acceptors (Lipinski definition) is 5. The van der Waals surface area contributed by atoms with E-state index in [-0.39, 0.29) is 12.2 Å². The van der Waals surface area contributed by atoms with E-state index in [0.29, 0.717) is 12.0 Å². The first-order chi connectivity index (χ1) is 17.3. The van der Waals surface area contributed by atoms with E-state index in [0.717, 1.165) is 16.7 Å². The number of benzene rings is 3. The highest BCUT2D eigenvalue weighted by Gasteiger charge is 2.28. The van der Waals surface area contributed by atoms with Gasteiger partial charge in [-0.05, 0) is 47.4 Å². The monoisotopic (exact) mass is 508 g/mol. The molecule has 2 amide bonds. The van der Waals surface area contributed by atoms with Gasteiger partial charge in [0.25, 0.3) is 5.91 Å². The highest BCUT2D eigenvalue weighted by atomic mass is 32.1. The predicted octanol–water partition coefficient (Wildman–Crippen LogP) is 4.41. The molecule has 0 radical (unpaired) electrons. The van der Waals surface area contributed by atoms with Crippen LogP contribution in [0.15, 0.2) is 78.9 Å². The Morgan fingerprint density at radius 3 is 2.11 bits per heavy atom. The Bertz CT molecular complexity index is 1170. The fourth-order valence-corrected chi connectivity index (χ4v) is 4.07. The van der Waals surface area contributed by atoms with Crippen molar-refractivity contribution in [1.82, 2.24) is 10.6 Å². The number of nitrogens with one attached hydrogen (secondary N) is 2. The van der Waals surface area contributed by atoms with Crippen LogP contribution in [0, 0.1) is 11.7 Å². The van der Waals surface area contributed by atoms with Gasteiger partial charge >= 0.3 is 5.97 Å². The lowest BCUT2D eigenvalue weighted by molar-refractivity contribution is -0.145. The molecule has 36 heavy (non-hydrogen) atoms. The number of carbonyl (C=O) groups is 3. The van der Waals surface area contributed by atoms with Crippen molar-refractivity contribution < 1.29 is 23.5 Å². The molecule has 3 atom stereocenters. The van der Waals surface area contributed by atoms with Gasteiger partial charge in [-0.1, -0.05) is 61.5 Å². The van der Waals surface area contributed by atoms with Crippen molar-refractivity contribution in [2.75, 3.05) is 7.11 Å². The van der Waals surface area contributed by atoms with E-state index >= 15 is 0 Å². The minimum atomic E-state index is -0.997. The van der Waals surface area contributed by atoms with Gasteiger partial charge in [-0.3, -0.25) is 14.4 Å². The molecule has 188 valence electrons. The number of hydrogen-bond donors (Lipinski definition) is 3. The van der Waals surface area contributed by atoms with Crippen molar-refractivity contribution in [1.29, 1.82) is 0 Å². The first-order valence-corrected chi connectivity index (χ1v) is 12.1. The maximum Gasteiger partial charge on any atom is 0.308 e. The van der Waals surface area contributed by atoms with Crippen LogP contribution in [0.4, 0.5) is 4.39 Å². The lowest BCUT2D eigenvalue weighted by Crippen LogP contribution is -2.50. The summed E-state index contributed by atoms with van der Waals surface area (Å²) >= 11 is 4.43. The Morgan fingerprint density at radius 2 is 1.50 bits per heavy atom. The largest absolute Gasteiger partial charge is 0.469 e. The summed E-state index contributed by atoms with van der Waals surface area (Å²) < 4.78 is 17.9. The van der Waals surface area contributed by atoms with E-state index in [1.807, 2.05) is 42.5 Å². The summed E-state index contributed by atoms with van der Waals surface area (Å²) in [4.78, 5) is 38.0. The van der Waals surface area contributed by atoms with Gasteiger partial charge in [-0.2, -0.15) is 12.6 Å². The van der Waals surface area contributed by atoms with Gasteiger partial charge < -0.3 is 15.4 Å². The average molecular weight is 509 g/mol. The zero-order valence-electron chi connectivity index (χ0n) is 20.1. The van der Waals surface area contributed by atoms with Crippen molar-refractivity contribution in [3.05, 3.63) is 95.8 Å². The first-order valence-electron chi connectivity index (χ1n) is 11.5. The van der Waals surface area contributed by atoms with Crippen LogP contribution in [0.2, 0.25) is 0 Å². The highest BCUT2D eigenvalue weighted by molar-refractivity contribution is 7.80. The summed E-state index contributed by atoms with van der Waals surface area (Å²) in [6.45, 7) is 1.63. The second kappa shape index (κ2) is 12.9. The maximum absolute atomic E-state index is 13.2. The summed E-state index contributed by atoms with van der Waals surface area (Å²) in [6, 6.07) is 21.7. The fourth-order valence-electron chi connectivity index (χ4n) is 3.73. The van der Waals surface area contributed by atoms with Crippen molar-refractivity contribution in [2.24, 2.45) is 5.92 Å². The molecule has 0 saturated carbocycles. The number of thiol groups is 1. The summed E-state index contributed by atoms with van der Waals surface area (Å²) in [5, 5.41) is 4.91. The molecule has 0 saturated heterocycles. The smallest absolute Gasteiger partial charge is 0.308 e. The average Bonchev–Trinajstić information content (AvgIpc) is 2.89. The molecular formula is C28H29FN2O4S. The number of ether oxygens (including phenoxy) is 1. The second-order valence-corrected chi connectivity index (χ2v) is 9.11. The van der Waals surface area contributed by atoms with Crippen molar-refractivity contribution in [3.63, 3.8) is 0 Å². The lowest BCUT2D eigenvalue weighted by Gasteiger charge is -2.23. The number of amides is 2. The Balaban J connectivity index is 1.70. The number of methoxy groups -OCH3 is 1. The molecule has 0 heterocycles. The SMILES string of the molecule is COC(=O)[C@@H](C)C[C@H](NC(=O)c1ccc(-c2ccccc2)cc1)C(=O)NC(S)Cc1ccc(F)cc1. The van der Waals surface area contributed by atoms with E-state index in [9.17, 15) is 18.8 Å². The van der Waals surface area contributed by atoms with Gasteiger partial charge in [0, 0.05) is 12.0 Å². The third-order valence-corrected chi connectivity index (χ3v) is 6.03. The molecule has 0 fully saturated rings. The van der Waals surface area contributed by atoms with Gasteiger partial charge in [0.05, 0.1) is 18.4 Å². The normalized spacial score (nSPS) is 13.2. The molecule has 0 aliphatic heterocycles. The molecule has 3 aromatic carbocycles. The standard InChI is InChI=1S/C28H29FN2O4S/c1-18(28(34)35-2)16-24(27(33)31-25(36)17-19-8-14-23(29)15-9-19)30-26(32)22-12-10-21(11-13-22)20-6-4-3-5-7-20/h3-15,18,24-25,36H,16-17H2,1-2H3,(H,30,32)(H,31,33)/t18-,24-,25?/m0/s1. The maximum atomic E-state index is 13.2. The van der Waals surface area contributed by atoms with Crippen LogP contribution in [0.5, 0.6) is 0 Å². The number of halogens is 1. The zero-order valence-corrected chi connectivity index (χ0v) is 21.0. The topological polar surface area (TPSA) is 84.5 Å². The lowest BCUT2D eigenvalue weighted by atomic mass is 10.00. The Kier molecular flexibility index (Phi) is 9.64. The third kappa shape index (κ3) is 7.68. The van der Waals surface area contributed by atoms with Crippen molar-refractivity contribution in [2.45, 2.75) is 31.2 Å². The van der Waals surface area contributed by atoms with Gasteiger partial charge in [0.15, 0.2) is 0 Å². The van der Waals surface area contributed by atoms with Gasteiger partial charge in [0.1, 0.15) is 11.9 Å². The number of esters is 1. The van der Waals surface area contributed by atoms with E-state index in [1.165, 1.54) is 19.2 Å². The zero-order chi connectivity index (χ0) is 26.1. The van der Waals surface area contributed by atoms with Crippen LogP contribution in [0.25, 0.3) is 11.1 Å². The van der Waals surface area contributed by atoms with Gasteiger partial charge in [0.2, 0.25) is 5.91 Å². The van der Waals surface area contributed by atoms with Crippen molar-refractivity contribution >= 4 is 30.4 Å². The highest BCUT2D eigenvalue weighted by Crippen LogP contribution is 2.19. The van der Waals surface area contributed by atoms with Crippen LogP contribution < -0.4 is 10.6 Å². The Morgan fingerprint density at radius 1 is 0.889 bits per heavy atom. The number of carbonyl (C=O) groups excluding carboxylic acids is 3. The van der Waals surface area contributed by atoms with Crippen LogP contribution in [0.1, 0.15) is 29.3 Å². The van der Waals surface area contributed by atoms with Crippen molar-refractivity contribution in [3.8, 4) is 11.1 Å². The molecule has 0 aromatic heterocycles. The molecule has 0 spiro atoms. The summed E-state index contributed by atoms with van der Waals surface area (Å²) in [5.74, 6) is -2.39. The Labute approximate surface area is 215 Å². The first kappa shape index (κ1) is 26.9. The van der Waals surface area contributed by atoms with E-state index in [1.54, 1.807) is 31.2 Å². The molecule has 8 heteroatoms. The molecule has 1 unspecified atom stereocenters.